The molecule has 1 fully saturated rings. The van der Waals surface area contributed by atoms with Gasteiger partial charge in [0.1, 0.15) is 18.3 Å². The fraction of sp³-hybridized carbons (Fsp3) is 0.733. The van der Waals surface area contributed by atoms with Gasteiger partial charge in [-0.15, -0.1) is 0 Å². The highest BCUT2D eigenvalue weighted by molar-refractivity contribution is 7.54. The zero-order valence-corrected chi connectivity index (χ0v) is 16.3. The summed E-state index contributed by atoms with van der Waals surface area (Å²) in [5, 5.41) is 28.2. The van der Waals surface area contributed by atoms with Crippen LogP contribution in [0.1, 0.15) is 38.9 Å². The molecule has 5 N–H and O–H groups in total. The molecule has 0 spiro atoms. The molecule has 154 valence electrons. The Hall–Kier alpha value is -1.33. The summed E-state index contributed by atoms with van der Waals surface area (Å²) in [4.78, 5) is 35.8. The van der Waals surface area contributed by atoms with Crippen molar-refractivity contribution in [2.45, 2.75) is 63.1 Å². The quantitative estimate of drug-likeness (QED) is 0.368. The van der Waals surface area contributed by atoms with Crippen molar-refractivity contribution in [2.24, 2.45) is 7.05 Å². The summed E-state index contributed by atoms with van der Waals surface area (Å²) in [6.07, 6.45) is -4.91. The number of aliphatic hydroxyl groups excluding tert-OH is 2. The molecule has 1 aliphatic heterocycles. The summed E-state index contributed by atoms with van der Waals surface area (Å²) in [5.41, 5.74) is -1.36. The highest BCUT2D eigenvalue weighted by Crippen LogP contribution is 2.54. The van der Waals surface area contributed by atoms with Gasteiger partial charge in [-0.05, 0) is 20.8 Å². The molecule has 0 amide bonds. The number of nitrogens with zero attached hydrogens (tertiary/aromatic N) is 1. The van der Waals surface area contributed by atoms with Gasteiger partial charge in [-0.25, -0.2) is 4.79 Å². The Morgan fingerprint density at radius 3 is 2.52 bits per heavy atom. The van der Waals surface area contributed by atoms with Gasteiger partial charge in [-0.3, -0.25) is 13.9 Å². The second kappa shape index (κ2) is 7.59. The third-order valence-corrected chi connectivity index (χ3v) is 6.48. The SMILES string of the molecule is CC(C[C@H]1O[C@@H](c2c[nH]c(=O)n(C)c2=O)[C@H](O)[C@@H]1O)OP(=O)(O)C(C)(C)O. The lowest BCUT2D eigenvalue weighted by atomic mass is 10.0. The van der Waals surface area contributed by atoms with E-state index in [2.05, 4.69) is 4.98 Å². The van der Waals surface area contributed by atoms with Gasteiger partial charge in [0.05, 0.1) is 17.8 Å². The average molecular weight is 408 g/mol. The second-order valence-corrected chi connectivity index (χ2v) is 9.50. The summed E-state index contributed by atoms with van der Waals surface area (Å²) in [5.74, 6) is 0. The van der Waals surface area contributed by atoms with Crippen molar-refractivity contribution >= 4 is 7.60 Å². The van der Waals surface area contributed by atoms with Crippen molar-refractivity contribution in [3.05, 3.63) is 32.6 Å². The lowest BCUT2D eigenvalue weighted by Crippen LogP contribution is -2.37. The molecule has 1 aromatic heterocycles. The number of ether oxygens (including phenoxy) is 1. The first-order valence-corrected chi connectivity index (χ1v) is 9.88. The Labute approximate surface area is 154 Å². The van der Waals surface area contributed by atoms with Crippen molar-refractivity contribution < 1.29 is 34.0 Å². The third-order valence-electron chi connectivity index (χ3n) is 4.45. The number of aromatic nitrogens is 2. The van der Waals surface area contributed by atoms with E-state index < -0.39 is 54.7 Å². The maximum atomic E-state index is 12.2. The van der Waals surface area contributed by atoms with Crippen LogP contribution in [0.25, 0.3) is 0 Å². The van der Waals surface area contributed by atoms with Gasteiger partial charge in [0.25, 0.3) is 5.56 Å². The highest BCUT2D eigenvalue weighted by Gasteiger charge is 2.46. The number of hydrogen-bond acceptors (Lipinski definition) is 8. The lowest BCUT2D eigenvalue weighted by molar-refractivity contribution is -0.0183. The van der Waals surface area contributed by atoms with Crippen molar-refractivity contribution in [3.63, 3.8) is 0 Å². The minimum atomic E-state index is -4.35. The number of hydrogen-bond donors (Lipinski definition) is 5. The fourth-order valence-electron chi connectivity index (χ4n) is 2.73. The molecule has 2 heterocycles. The summed E-state index contributed by atoms with van der Waals surface area (Å²) in [6.45, 7) is 3.71. The molecule has 1 saturated heterocycles. The molecule has 2 rings (SSSR count). The van der Waals surface area contributed by atoms with E-state index in [1.807, 2.05) is 0 Å². The van der Waals surface area contributed by atoms with Crippen LogP contribution in [-0.2, 0) is 20.9 Å². The smallest absolute Gasteiger partial charge is 0.359 e. The first kappa shape index (κ1) is 22.0. The van der Waals surface area contributed by atoms with E-state index in [1.165, 1.54) is 14.0 Å². The highest BCUT2D eigenvalue weighted by atomic mass is 31.2. The maximum absolute atomic E-state index is 12.2. The molecule has 6 atom stereocenters. The predicted octanol–water partition coefficient (Wildman–Crippen LogP) is -1.06. The van der Waals surface area contributed by atoms with E-state index in [1.54, 1.807) is 0 Å². The molecule has 0 bridgehead atoms. The second-order valence-electron chi connectivity index (χ2n) is 7.16. The predicted molar refractivity (Wildman–Crippen MR) is 93.2 cm³/mol. The molecule has 0 aliphatic carbocycles. The van der Waals surface area contributed by atoms with Crippen LogP contribution in [0.15, 0.2) is 15.8 Å². The van der Waals surface area contributed by atoms with Crippen LogP contribution < -0.4 is 11.2 Å². The van der Waals surface area contributed by atoms with Crippen LogP contribution in [0.4, 0.5) is 0 Å². The first-order valence-electron chi connectivity index (χ1n) is 8.30. The topological polar surface area (TPSA) is 171 Å². The largest absolute Gasteiger partial charge is 0.388 e. The Kier molecular flexibility index (Phi) is 6.18. The van der Waals surface area contributed by atoms with E-state index in [9.17, 15) is 34.4 Å². The van der Waals surface area contributed by atoms with Gasteiger partial charge in [0.2, 0.25) is 0 Å². The molecule has 0 aromatic carbocycles. The Morgan fingerprint density at radius 1 is 1.37 bits per heavy atom. The minimum absolute atomic E-state index is 0.0379. The molecular formula is C15H25N2O9P. The zero-order chi connectivity index (χ0) is 20.7. The molecule has 11 nitrogen and oxygen atoms in total. The Bertz CT molecular complexity index is 843. The van der Waals surface area contributed by atoms with Crippen molar-refractivity contribution in [1.82, 2.24) is 9.55 Å². The third kappa shape index (κ3) is 4.40. The lowest BCUT2D eigenvalue weighted by Gasteiger charge is -2.28. The molecule has 0 saturated carbocycles. The maximum Gasteiger partial charge on any atom is 0.359 e. The van der Waals surface area contributed by atoms with Gasteiger partial charge in [-0.2, -0.15) is 0 Å². The molecule has 12 heteroatoms. The Balaban J connectivity index is 2.16. The molecule has 2 unspecified atom stereocenters. The molecular weight excluding hydrogens is 383 g/mol. The molecule has 1 aliphatic rings. The molecule has 27 heavy (non-hydrogen) atoms. The standard InChI is InChI=1S/C15H25N2O9P/c1-7(26-27(23,24)15(2,3)22)5-9-10(18)11(19)12(25-9)8-6-16-14(21)17(4)13(8)20/h6-7,9-12,18-19,22H,5H2,1-4H3,(H,16,21)(H,23,24)/t7?,9-,10-,11-,12+/m1/s1. The van der Waals surface area contributed by atoms with Gasteiger partial charge in [0, 0.05) is 19.7 Å². The van der Waals surface area contributed by atoms with Crippen LogP contribution >= 0.6 is 7.60 Å². The monoisotopic (exact) mass is 408 g/mol. The number of aromatic amines is 1. The van der Waals surface area contributed by atoms with Crippen LogP contribution in [0.2, 0.25) is 0 Å². The number of nitrogens with one attached hydrogen (secondary N) is 1. The summed E-state index contributed by atoms with van der Waals surface area (Å²) in [6, 6.07) is 0. The van der Waals surface area contributed by atoms with E-state index in [0.29, 0.717) is 0 Å². The van der Waals surface area contributed by atoms with Gasteiger partial charge in [-0.1, -0.05) is 0 Å². The van der Waals surface area contributed by atoms with E-state index in [4.69, 9.17) is 9.26 Å². The van der Waals surface area contributed by atoms with Crippen LogP contribution in [-0.4, -0.2) is 59.5 Å². The summed E-state index contributed by atoms with van der Waals surface area (Å²) in [7, 11) is -3.10. The van der Waals surface area contributed by atoms with Gasteiger partial charge < -0.3 is 34.5 Å². The van der Waals surface area contributed by atoms with Crippen molar-refractivity contribution in [3.8, 4) is 0 Å². The van der Waals surface area contributed by atoms with E-state index in [0.717, 1.165) is 24.6 Å². The first-order chi connectivity index (χ1) is 12.3. The van der Waals surface area contributed by atoms with Crippen molar-refractivity contribution in [1.29, 1.82) is 0 Å². The normalized spacial score (nSPS) is 29.5. The van der Waals surface area contributed by atoms with E-state index >= 15 is 0 Å². The molecule has 1 aromatic rings. The van der Waals surface area contributed by atoms with Crippen LogP contribution in [0, 0.1) is 0 Å². The minimum Gasteiger partial charge on any atom is -0.388 e. The van der Waals surface area contributed by atoms with Crippen LogP contribution in [0.5, 0.6) is 0 Å². The average Bonchev–Trinajstić information content (AvgIpc) is 2.79. The summed E-state index contributed by atoms with van der Waals surface area (Å²) < 4.78 is 23.4. The number of rotatable bonds is 6. The van der Waals surface area contributed by atoms with Gasteiger partial charge >= 0.3 is 13.3 Å². The van der Waals surface area contributed by atoms with Crippen molar-refractivity contribution in [2.75, 3.05) is 0 Å². The fourth-order valence-corrected chi connectivity index (χ4v) is 3.56. The number of aliphatic hydroxyl groups is 3. The number of H-pyrrole nitrogens is 1. The van der Waals surface area contributed by atoms with Crippen LogP contribution in [0.3, 0.4) is 0 Å². The van der Waals surface area contributed by atoms with E-state index in [-0.39, 0.29) is 12.0 Å². The zero-order valence-electron chi connectivity index (χ0n) is 15.4. The Morgan fingerprint density at radius 2 is 1.96 bits per heavy atom. The molecule has 0 radical (unpaired) electrons. The van der Waals surface area contributed by atoms with Gasteiger partial charge in [0.15, 0.2) is 5.34 Å². The summed E-state index contributed by atoms with van der Waals surface area (Å²) >= 11 is 0.